The van der Waals surface area contributed by atoms with Crippen LogP contribution in [0.25, 0.3) is 0 Å². The second kappa shape index (κ2) is 9.15. The first-order valence-corrected chi connectivity index (χ1v) is 9.36. The second-order valence-electron chi connectivity index (χ2n) is 6.17. The molecule has 0 amide bonds. The van der Waals surface area contributed by atoms with Crippen LogP contribution in [-0.2, 0) is 6.54 Å². The molecule has 0 bridgehead atoms. The Kier molecular flexibility index (Phi) is 7.52. The number of aliphatic imine (C=N–C) groups is 1. The van der Waals surface area contributed by atoms with E-state index in [1.54, 1.807) is 6.26 Å². The van der Waals surface area contributed by atoms with Crippen LogP contribution in [0, 0.1) is 0 Å². The van der Waals surface area contributed by atoms with E-state index in [1.165, 1.54) is 37.9 Å². The molecule has 1 N–H and O–H groups in total. The van der Waals surface area contributed by atoms with E-state index in [1.807, 2.05) is 6.07 Å². The summed E-state index contributed by atoms with van der Waals surface area (Å²) in [7, 11) is 0. The van der Waals surface area contributed by atoms with E-state index in [-0.39, 0.29) is 24.0 Å². The van der Waals surface area contributed by atoms with Gasteiger partial charge in [0.15, 0.2) is 5.96 Å². The average molecular weight is 450 g/mol. The van der Waals surface area contributed by atoms with E-state index >= 15 is 0 Å². The lowest BCUT2D eigenvalue weighted by Gasteiger charge is -2.45. The lowest BCUT2D eigenvalue weighted by molar-refractivity contribution is 0.293. The zero-order valence-electron chi connectivity index (χ0n) is 13.8. The fraction of sp³-hybridized carbons (Fsp3) is 0.750. The number of hydrogen-bond acceptors (Lipinski definition) is 4. The molecule has 2 aliphatic rings. The molecule has 1 aliphatic heterocycles. The molecule has 3 rings (SSSR count). The molecule has 1 spiro atoms. The molecule has 2 fully saturated rings. The number of hydrogen-bond donors (Lipinski definition) is 1. The molecule has 5 nitrogen and oxygen atoms in total. The molecule has 1 aliphatic carbocycles. The highest BCUT2D eigenvalue weighted by molar-refractivity contribution is 14.0. The third kappa shape index (κ3) is 5.01. The van der Waals surface area contributed by atoms with Gasteiger partial charge in [0.1, 0.15) is 12.0 Å². The van der Waals surface area contributed by atoms with Crippen LogP contribution < -0.4 is 5.32 Å². The molecule has 1 saturated carbocycles. The highest BCUT2D eigenvalue weighted by Gasteiger charge is 2.38. The van der Waals surface area contributed by atoms with Crippen molar-refractivity contribution in [1.29, 1.82) is 0 Å². The number of nitrogens with one attached hydrogen (secondary N) is 1. The summed E-state index contributed by atoms with van der Waals surface area (Å²) >= 11 is 2.19. The summed E-state index contributed by atoms with van der Waals surface area (Å²) in [6.45, 7) is 5.81. The minimum atomic E-state index is 0. The standard InChI is InChI=1S/C16H26N4OS.HI/c1-2-17-15(18-12-14-6-10-21-19-14)20-9-11-22-16(13-20)7-4-3-5-8-16;/h6,10H,2-5,7-9,11-13H2,1H3,(H,17,18);1H. The smallest absolute Gasteiger partial charge is 0.194 e. The summed E-state index contributed by atoms with van der Waals surface area (Å²) in [4.78, 5) is 7.21. The molecule has 1 aromatic rings. The summed E-state index contributed by atoms with van der Waals surface area (Å²) in [5.41, 5.74) is 0.883. The van der Waals surface area contributed by atoms with E-state index < -0.39 is 0 Å². The highest BCUT2D eigenvalue weighted by atomic mass is 127. The van der Waals surface area contributed by atoms with Gasteiger partial charge in [-0.3, -0.25) is 0 Å². The summed E-state index contributed by atoms with van der Waals surface area (Å²) in [6, 6.07) is 1.88. The van der Waals surface area contributed by atoms with Crippen molar-refractivity contribution in [3.05, 3.63) is 18.0 Å². The third-order valence-electron chi connectivity index (χ3n) is 4.53. The van der Waals surface area contributed by atoms with Crippen LogP contribution in [0.2, 0.25) is 0 Å². The van der Waals surface area contributed by atoms with Crippen molar-refractivity contribution in [2.45, 2.75) is 50.3 Å². The molecule has 0 radical (unpaired) electrons. The molecule has 1 saturated heterocycles. The van der Waals surface area contributed by atoms with Crippen LogP contribution >= 0.6 is 35.7 Å². The molecular formula is C16H27IN4OS. The predicted octanol–water partition coefficient (Wildman–Crippen LogP) is 3.51. The van der Waals surface area contributed by atoms with Gasteiger partial charge < -0.3 is 14.7 Å². The number of rotatable bonds is 3. The number of halogens is 1. The monoisotopic (exact) mass is 450 g/mol. The van der Waals surface area contributed by atoms with Gasteiger partial charge >= 0.3 is 0 Å². The largest absolute Gasteiger partial charge is 0.364 e. The Hall–Kier alpha value is -0.440. The molecular weight excluding hydrogens is 423 g/mol. The van der Waals surface area contributed by atoms with E-state index in [0.717, 1.165) is 31.3 Å². The molecule has 23 heavy (non-hydrogen) atoms. The average Bonchev–Trinajstić information content (AvgIpc) is 3.05. The Morgan fingerprint density at radius 1 is 1.43 bits per heavy atom. The SMILES string of the molecule is CCNC(=NCc1ccon1)N1CCSC2(CCCCC2)C1.I. The molecule has 0 aromatic carbocycles. The lowest BCUT2D eigenvalue weighted by Crippen LogP contribution is -2.53. The molecule has 0 atom stereocenters. The van der Waals surface area contributed by atoms with Gasteiger partial charge in [0.2, 0.25) is 0 Å². The van der Waals surface area contributed by atoms with Crippen LogP contribution in [0.1, 0.15) is 44.7 Å². The maximum atomic E-state index is 4.89. The molecule has 7 heteroatoms. The van der Waals surface area contributed by atoms with Crippen LogP contribution in [0.5, 0.6) is 0 Å². The quantitative estimate of drug-likeness (QED) is 0.434. The van der Waals surface area contributed by atoms with Crippen LogP contribution in [0.3, 0.4) is 0 Å². The fourth-order valence-corrected chi connectivity index (χ4v) is 4.99. The molecule has 1 aromatic heterocycles. The van der Waals surface area contributed by atoms with E-state index in [4.69, 9.17) is 9.52 Å². The first kappa shape index (κ1) is 18.9. The predicted molar refractivity (Wildman–Crippen MR) is 107 cm³/mol. The summed E-state index contributed by atoms with van der Waals surface area (Å²) in [6.07, 6.45) is 8.49. The topological polar surface area (TPSA) is 53.7 Å². The van der Waals surface area contributed by atoms with Crippen molar-refractivity contribution in [3.8, 4) is 0 Å². The Morgan fingerprint density at radius 3 is 2.96 bits per heavy atom. The molecule has 0 unspecified atom stereocenters. The number of thioether (sulfide) groups is 1. The van der Waals surface area contributed by atoms with Gasteiger partial charge in [-0.2, -0.15) is 11.8 Å². The summed E-state index contributed by atoms with van der Waals surface area (Å²) in [5, 5.41) is 7.39. The Balaban J connectivity index is 0.00000192. The molecule has 2 heterocycles. The molecule has 130 valence electrons. The highest BCUT2D eigenvalue weighted by Crippen LogP contribution is 2.42. The zero-order valence-corrected chi connectivity index (χ0v) is 16.9. The minimum Gasteiger partial charge on any atom is -0.364 e. The van der Waals surface area contributed by atoms with E-state index in [2.05, 4.69) is 34.1 Å². The van der Waals surface area contributed by atoms with Crippen LogP contribution in [0.15, 0.2) is 21.8 Å². The van der Waals surface area contributed by atoms with E-state index in [9.17, 15) is 0 Å². The maximum absolute atomic E-state index is 4.89. The lowest BCUT2D eigenvalue weighted by atomic mass is 9.87. The number of guanidine groups is 1. The Morgan fingerprint density at radius 2 is 2.26 bits per heavy atom. The van der Waals surface area contributed by atoms with Gasteiger partial charge in [0.25, 0.3) is 0 Å². The fourth-order valence-electron chi connectivity index (χ4n) is 3.43. The van der Waals surface area contributed by atoms with Gasteiger partial charge in [0, 0.05) is 36.2 Å². The zero-order chi connectivity index (χ0) is 15.3. The van der Waals surface area contributed by atoms with Crippen molar-refractivity contribution in [2.75, 3.05) is 25.4 Å². The maximum Gasteiger partial charge on any atom is 0.194 e. The van der Waals surface area contributed by atoms with Gasteiger partial charge in [-0.1, -0.05) is 24.4 Å². The van der Waals surface area contributed by atoms with Crippen LogP contribution in [-0.4, -0.2) is 46.2 Å². The van der Waals surface area contributed by atoms with Gasteiger partial charge in [0.05, 0.1) is 6.54 Å². The minimum absolute atomic E-state index is 0. The second-order valence-corrected chi connectivity index (χ2v) is 7.74. The third-order valence-corrected chi connectivity index (χ3v) is 6.07. The number of aromatic nitrogens is 1. The van der Waals surface area contributed by atoms with Gasteiger partial charge in [-0.25, -0.2) is 4.99 Å². The first-order chi connectivity index (χ1) is 10.8. The van der Waals surface area contributed by atoms with Crippen LogP contribution in [0.4, 0.5) is 0 Å². The van der Waals surface area contributed by atoms with Crippen molar-refractivity contribution < 1.29 is 4.52 Å². The first-order valence-electron chi connectivity index (χ1n) is 8.38. The summed E-state index contributed by atoms with van der Waals surface area (Å²) in [5.74, 6) is 2.23. The normalized spacial score (nSPS) is 21.1. The van der Waals surface area contributed by atoms with Gasteiger partial charge in [-0.05, 0) is 19.8 Å². The van der Waals surface area contributed by atoms with Crippen molar-refractivity contribution in [3.63, 3.8) is 0 Å². The summed E-state index contributed by atoms with van der Waals surface area (Å²) < 4.78 is 5.34. The van der Waals surface area contributed by atoms with Crippen molar-refractivity contribution in [2.24, 2.45) is 4.99 Å². The Bertz CT molecular complexity index is 483. The van der Waals surface area contributed by atoms with E-state index in [0.29, 0.717) is 11.3 Å². The number of nitrogens with zero attached hydrogens (tertiary/aromatic N) is 3. The van der Waals surface area contributed by atoms with Crippen molar-refractivity contribution in [1.82, 2.24) is 15.4 Å². The Labute approximate surface area is 160 Å². The van der Waals surface area contributed by atoms with Gasteiger partial charge in [-0.15, -0.1) is 24.0 Å². The van der Waals surface area contributed by atoms with Crippen molar-refractivity contribution >= 4 is 41.7 Å².